The molecule has 1 N–H and O–H groups in total. The first-order chi connectivity index (χ1) is 18.5. The van der Waals surface area contributed by atoms with Crippen molar-refractivity contribution in [3.63, 3.8) is 0 Å². The van der Waals surface area contributed by atoms with Crippen LogP contribution in [-0.2, 0) is 29.7 Å². The Morgan fingerprint density at radius 2 is 1.90 bits per heavy atom. The third-order valence-electron chi connectivity index (χ3n) is 6.72. The highest BCUT2D eigenvalue weighted by Gasteiger charge is 2.50. The fourth-order valence-corrected chi connectivity index (χ4v) is 5.48. The van der Waals surface area contributed by atoms with Crippen LogP contribution in [0.4, 0.5) is 17.6 Å². The minimum Gasteiger partial charge on any atom is -0.347 e. The average molecular weight is 564 g/mol. The van der Waals surface area contributed by atoms with Gasteiger partial charge in [-0.1, -0.05) is 12.1 Å². The second-order valence-electron chi connectivity index (χ2n) is 9.40. The Labute approximate surface area is 219 Å². The van der Waals surface area contributed by atoms with E-state index in [9.17, 15) is 26.4 Å². The lowest BCUT2D eigenvalue weighted by Crippen LogP contribution is -2.44. The number of imidazole rings is 1. The molecule has 6 rings (SSSR count). The van der Waals surface area contributed by atoms with Crippen molar-refractivity contribution >= 4 is 21.6 Å². The van der Waals surface area contributed by atoms with Gasteiger partial charge >= 0.3 is 15.5 Å². The molecule has 15 heteroatoms. The largest absolute Gasteiger partial charge is 0.511 e. The van der Waals surface area contributed by atoms with Crippen LogP contribution in [0, 0.1) is 5.82 Å². The number of nitrogens with one attached hydrogen (secondary N) is 1. The van der Waals surface area contributed by atoms with E-state index < -0.39 is 34.4 Å². The molecule has 0 bridgehead atoms. The van der Waals surface area contributed by atoms with Crippen LogP contribution in [0.15, 0.2) is 42.6 Å². The molecule has 1 aromatic carbocycles. The highest BCUT2D eigenvalue weighted by atomic mass is 32.2. The number of hydrogen-bond acceptors (Lipinski definition) is 6. The van der Waals surface area contributed by atoms with Crippen molar-refractivity contribution in [1.29, 1.82) is 0 Å². The minimum atomic E-state index is -5.52. The van der Waals surface area contributed by atoms with Crippen LogP contribution in [-0.4, -0.2) is 54.8 Å². The lowest BCUT2D eigenvalue weighted by atomic mass is 10.1. The second-order valence-corrected chi connectivity index (χ2v) is 11.3. The summed E-state index contributed by atoms with van der Waals surface area (Å²) in [5, 5.41) is 6.96. The van der Waals surface area contributed by atoms with Crippen LogP contribution < -0.4 is 5.32 Å². The van der Waals surface area contributed by atoms with Gasteiger partial charge in [0.25, 0.3) is 5.91 Å². The standard InChI is InChI=1S/C24H21F4N7O3S/c25-17-11-14(12-29-23(36)21-20(15-5-6-15)30-18-3-1-2-8-34(18)21)4-7-16(17)22-31-19-13-33(9-10-35(19)32-22)39(37,38)24(26,27)28/h1-4,7-8,11,15H,5-6,9-10,12-13H2,(H,29,36). The normalized spacial score (nSPS) is 16.4. The van der Waals surface area contributed by atoms with Gasteiger partial charge in [0.05, 0.1) is 24.3 Å². The zero-order valence-corrected chi connectivity index (χ0v) is 21.0. The number of aromatic nitrogens is 5. The molecule has 1 saturated carbocycles. The van der Waals surface area contributed by atoms with Gasteiger partial charge in [-0.25, -0.2) is 27.5 Å². The van der Waals surface area contributed by atoms with E-state index in [2.05, 4.69) is 20.4 Å². The summed E-state index contributed by atoms with van der Waals surface area (Å²) in [5.41, 5.74) is -3.08. The summed E-state index contributed by atoms with van der Waals surface area (Å²) in [5.74, 6) is -0.889. The highest BCUT2D eigenvalue weighted by molar-refractivity contribution is 7.89. The van der Waals surface area contributed by atoms with E-state index in [4.69, 9.17) is 0 Å². The van der Waals surface area contributed by atoms with Gasteiger partial charge < -0.3 is 5.32 Å². The topological polar surface area (TPSA) is 114 Å². The van der Waals surface area contributed by atoms with Gasteiger partial charge in [0.15, 0.2) is 5.82 Å². The first kappa shape index (κ1) is 25.4. The Bertz CT molecular complexity index is 1710. The van der Waals surface area contributed by atoms with Crippen molar-refractivity contribution in [3.8, 4) is 11.4 Å². The van der Waals surface area contributed by atoms with Crippen LogP contribution in [0.2, 0.25) is 0 Å². The number of halogens is 4. The third-order valence-corrected chi connectivity index (χ3v) is 8.30. The van der Waals surface area contributed by atoms with Crippen LogP contribution in [0.25, 0.3) is 17.0 Å². The molecule has 1 fully saturated rings. The molecule has 204 valence electrons. The Hall–Kier alpha value is -3.85. The van der Waals surface area contributed by atoms with Crippen LogP contribution in [0.3, 0.4) is 0 Å². The summed E-state index contributed by atoms with van der Waals surface area (Å²) < 4.78 is 80.6. The number of benzene rings is 1. The molecule has 39 heavy (non-hydrogen) atoms. The molecule has 0 saturated heterocycles. The van der Waals surface area contributed by atoms with Gasteiger partial charge in [-0.05, 0) is 42.7 Å². The molecule has 2 aliphatic rings. The van der Waals surface area contributed by atoms with Crippen LogP contribution in [0.5, 0.6) is 0 Å². The highest BCUT2D eigenvalue weighted by Crippen LogP contribution is 2.41. The Morgan fingerprint density at radius 1 is 1.10 bits per heavy atom. The second kappa shape index (κ2) is 9.12. The molecule has 4 heterocycles. The molecular formula is C24H21F4N7O3S. The number of sulfonamides is 1. The van der Waals surface area contributed by atoms with Crippen molar-refractivity contribution in [2.24, 2.45) is 0 Å². The van der Waals surface area contributed by atoms with E-state index in [1.165, 1.54) is 16.8 Å². The van der Waals surface area contributed by atoms with E-state index in [-0.39, 0.29) is 46.4 Å². The molecule has 1 aliphatic carbocycles. The van der Waals surface area contributed by atoms with E-state index >= 15 is 4.39 Å². The summed E-state index contributed by atoms with van der Waals surface area (Å²) in [6.45, 7) is -1.19. The Morgan fingerprint density at radius 3 is 2.62 bits per heavy atom. The van der Waals surface area contributed by atoms with Crippen molar-refractivity contribution < 1.29 is 30.8 Å². The summed E-state index contributed by atoms with van der Waals surface area (Å²) in [4.78, 5) is 21.8. The van der Waals surface area contributed by atoms with Crippen molar-refractivity contribution in [2.45, 2.75) is 43.9 Å². The number of amides is 1. The summed E-state index contributed by atoms with van der Waals surface area (Å²) in [7, 11) is -5.52. The maximum absolute atomic E-state index is 15.0. The van der Waals surface area contributed by atoms with Crippen LogP contribution in [0.1, 0.15) is 46.3 Å². The number of nitrogens with zero attached hydrogens (tertiary/aromatic N) is 6. The summed E-state index contributed by atoms with van der Waals surface area (Å²) in [6.07, 6.45) is 3.71. The van der Waals surface area contributed by atoms with Gasteiger partial charge in [0.2, 0.25) is 0 Å². The molecule has 4 aromatic rings. The van der Waals surface area contributed by atoms with Gasteiger partial charge in [0, 0.05) is 25.2 Å². The van der Waals surface area contributed by atoms with E-state index in [1.54, 1.807) is 16.7 Å². The van der Waals surface area contributed by atoms with E-state index in [0.717, 1.165) is 18.5 Å². The average Bonchev–Trinajstić information content (AvgIpc) is 3.53. The molecule has 1 aliphatic heterocycles. The molecule has 0 unspecified atom stereocenters. The summed E-state index contributed by atoms with van der Waals surface area (Å²) >= 11 is 0. The summed E-state index contributed by atoms with van der Waals surface area (Å²) in [6, 6.07) is 9.68. The minimum absolute atomic E-state index is 0.00462. The third kappa shape index (κ3) is 4.54. The number of rotatable bonds is 6. The number of pyridine rings is 1. The number of alkyl halides is 3. The predicted octanol–water partition coefficient (Wildman–Crippen LogP) is 3.20. The maximum Gasteiger partial charge on any atom is 0.511 e. The van der Waals surface area contributed by atoms with E-state index in [0.29, 0.717) is 16.9 Å². The Kier molecular flexibility index (Phi) is 5.95. The van der Waals surface area contributed by atoms with Gasteiger partial charge in [-0.3, -0.25) is 9.20 Å². The van der Waals surface area contributed by atoms with Crippen LogP contribution >= 0.6 is 0 Å². The van der Waals surface area contributed by atoms with Gasteiger partial charge in [-0.2, -0.15) is 22.6 Å². The SMILES string of the molecule is O=C(NCc1ccc(-c2nc3n(n2)CCN(S(=O)(=O)C(F)(F)F)C3)c(F)c1)c1c(C2CC2)nc2ccccn12. The monoisotopic (exact) mass is 563 g/mol. The number of carbonyl (C=O) groups is 1. The molecule has 10 nitrogen and oxygen atoms in total. The fourth-order valence-electron chi connectivity index (χ4n) is 4.58. The maximum atomic E-state index is 15.0. The predicted molar refractivity (Wildman–Crippen MR) is 129 cm³/mol. The molecule has 0 spiro atoms. The van der Waals surface area contributed by atoms with Crippen molar-refractivity contribution in [2.75, 3.05) is 6.54 Å². The molecular weight excluding hydrogens is 542 g/mol. The fraction of sp³-hybridized carbons (Fsp3) is 0.333. The smallest absolute Gasteiger partial charge is 0.347 e. The number of fused-ring (bicyclic) bond motifs is 2. The number of hydrogen-bond donors (Lipinski definition) is 1. The van der Waals surface area contributed by atoms with E-state index in [1.807, 2.05) is 18.2 Å². The van der Waals surface area contributed by atoms with Crippen molar-refractivity contribution in [3.05, 3.63) is 71.2 Å². The molecule has 1 amide bonds. The quantitative estimate of drug-likeness (QED) is 0.361. The molecule has 0 atom stereocenters. The lowest BCUT2D eigenvalue weighted by Gasteiger charge is -2.26. The first-order valence-corrected chi connectivity index (χ1v) is 13.5. The van der Waals surface area contributed by atoms with Crippen molar-refractivity contribution in [1.82, 2.24) is 33.8 Å². The van der Waals surface area contributed by atoms with Gasteiger partial charge in [-0.15, -0.1) is 0 Å². The molecule has 0 radical (unpaired) electrons. The number of carbonyl (C=O) groups excluding carboxylic acids is 1. The zero-order chi connectivity index (χ0) is 27.5. The molecule has 3 aromatic heterocycles. The Balaban J connectivity index is 1.18. The first-order valence-electron chi connectivity index (χ1n) is 12.1. The van der Waals surface area contributed by atoms with Gasteiger partial charge in [0.1, 0.15) is 23.0 Å². The lowest BCUT2D eigenvalue weighted by molar-refractivity contribution is -0.0496. The zero-order valence-electron chi connectivity index (χ0n) is 20.2.